The van der Waals surface area contributed by atoms with Crippen molar-refractivity contribution in [3.8, 4) is 0 Å². The van der Waals surface area contributed by atoms with Gasteiger partial charge in [-0.05, 0) is 31.3 Å². The van der Waals surface area contributed by atoms with Crippen LogP contribution in [0.3, 0.4) is 0 Å². The third-order valence-electron chi connectivity index (χ3n) is 3.58. The number of thioether (sulfide) groups is 1. The lowest BCUT2D eigenvalue weighted by Crippen LogP contribution is -2.51. The van der Waals surface area contributed by atoms with E-state index in [0.717, 1.165) is 5.75 Å². The third kappa shape index (κ3) is 5.45. The molecule has 0 saturated carbocycles. The highest BCUT2D eigenvalue weighted by Crippen LogP contribution is 2.16. The molecular formula is C13H23N3O4S. The Hall–Kier alpha value is -1.44. The summed E-state index contributed by atoms with van der Waals surface area (Å²) in [5.74, 6) is -0.169. The number of hydrogen-bond acceptors (Lipinski definition) is 5. The molecule has 8 heteroatoms. The fourth-order valence-electron chi connectivity index (χ4n) is 2.23. The number of esters is 1. The van der Waals surface area contributed by atoms with Crippen molar-refractivity contribution < 1.29 is 19.1 Å². The quantitative estimate of drug-likeness (QED) is 0.681. The minimum atomic E-state index is -0.635. The van der Waals surface area contributed by atoms with Crippen molar-refractivity contribution in [1.29, 1.82) is 0 Å². The smallest absolute Gasteiger partial charge is 0.328 e. The summed E-state index contributed by atoms with van der Waals surface area (Å²) in [6, 6.07) is -0.932. The molecule has 3 N–H and O–H groups in total. The number of amides is 3. The molecule has 0 aromatic rings. The predicted octanol–water partition coefficient (Wildman–Crippen LogP) is 0.188. The van der Waals surface area contributed by atoms with E-state index >= 15 is 0 Å². The molecule has 0 unspecified atom stereocenters. The standard InChI is InChI=1S/C13H23N3O4S/c1-20-12(18)10(5-8-21-2)15-13(19)16-6-3-9(4-7-16)11(14)17/h9-10H,3-8H2,1-2H3,(H2,14,17)(H,15,19)/t10-/m0/s1. The maximum absolute atomic E-state index is 12.2. The van der Waals surface area contributed by atoms with Crippen molar-refractivity contribution >= 4 is 29.7 Å². The summed E-state index contributed by atoms with van der Waals surface area (Å²) in [6.45, 7) is 0.936. The highest BCUT2D eigenvalue weighted by molar-refractivity contribution is 7.98. The van der Waals surface area contributed by atoms with Crippen molar-refractivity contribution in [3.05, 3.63) is 0 Å². The topological polar surface area (TPSA) is 102 Å². The second-order valence-corrected chi connectivity index (χ2v) is 5.96. The van der Waals surface area contributed by atoms with Crippen LogP contribution >= 0.6 is 11.8 Å². The van der Waals surface area contributed by atoms with Gasteiger partial charge < -0.3 is 20.7 Å². The van der Waals surface area contributed by atoms with Crippen LogP contribution in [-0.2, 0) is 14.3 Å². The first-order chi connectivity index (χ1) is 9.99. The van der Waals surface area contributed by atoms with Crippen LogP contribution in [0.25, 0.3) is 0 Å². The Morgan fingerprint density at radius 3 is 2.48 bits per heavy atom. The Labute approximate surface area is 128 Å². The molecule has 1 aliphatic rings. The van der Waals surface area contributed by atoms with Crippen LogP contribution < -0.4 is 11.1 Å². The lowest BCUT2D eigenvalue weighted by atomic mass is 9.96. The highest BCUT2D eigenvalue weighted by Gasteiger charge is 2.28. The molecule has 1 saturated heterocycles. The first kappa shape index (κ1) is 17.6. The number of likely N-dealkylation sites (tertiary alicyclic amines) is 1. The van der Waals surface area contributed by atoms with E-state index < -0.39 is 12.0 Å². The molecular weight excluding hydrogens is 294 g/mol. The van der Waals surface area contributed by atoms with Gasteiger partial charge in [-0.2, -0.15) is 11.8 Å². The lowest BCUT2D eigenvalue weighted by Gasteiger charge is -2.31. The summed E-state index contributed by atoms with van der Waals surface area (Å²) >= 11 is 1.60. The summed E-state index contributed by atoms with van der Waals surface area (Å²) < 4.78 is 4.70. The van der Waals surface area contributed by atoms with Gasteiger partial charge in [0.1, 0.15) is 6.04 Å². The molecule has 1 fully saturated rings. The van der Waals surface area contributed by atoms with E-state index in [1.165, 1.54) is 7.11 Å². The largest absolute Gasteiger partial charge is 0.467 e. The van der Waals surface area contributed by atoms with Crippen LogP contribution in [0.4, 0.5) is 4.79 Å². The third-order valence-corrected chi connectivity index (χ3v) is 4.22. The fraction of sp³-hybridized carbons (Fsp3) is 0.769. The Balaban J connectivity index is 2.50. The fourth-order valence-corrected chi connectivity index (χ4v) is 2.71. The molecule has 0 aromatic heterocycles. The Morgan fingerprint density at radius 2 is 2.00 bits per heavy atom. The van der Waals surface area contributed by atoms with E-state index in [4.69, 9.17) is 10.5 Å². The van der Waals surface area contributed by atoms with E-state index in [-0.39, 0.29) is 17.9 Å². The number of hydrogen-bond donors (Lipinski definition) is 2. The molecule has 0 radical (unpaired) electrons. The van der Waals surface area contributed by atoms with Gasteiger partial charge in [-0.15, -0.1) is 0 Å². The molecule has 7 nitrogen and oxygen atoms in total. The molecule has 0 aromatic carbocycles. The molecule has 1 aliphatic heterocycles. The van der Waals surface area contributed by atoms with E-state index in [1.807, 2.05) is 6.26 Å². The summed E-state index contributed by atoms with van der Waals surface area (Å²) in [7, 11) is 1.30. The number of nitrogens with zero attached hydrogens (tertiary/aromatic N) is 1. The molecule has 1 atom stereocenters. The minimum Gasteiger partial charge on any atom is -0.467 e. The Morgan fingerprint density at radius 1 is 1.38 bits per heavy atom. The zero-order valence-electron chi connectivity index (χ0n) is 12.5. The highest BCUT2D eigenvalue weighted by atomic mass is 32.2. The first-order valence-corrected chi connectivity index (χ1v) is 8.30. The SMILES string of the molecule is COC(=O)[C@H](CCSC)NC(=O)N1CCC(C(N)=O)CC1. The van der Waals surface area contributed by atoms with Crippen molar-refractivity contribution in [2.45, 2.75) is 25.3 Å². The van der Waals surface area contributed by atoms with Crippen LogP contribution in [0, 0.1) is 5.92 Å². The molecule has 1 rings (SSSR count). The predicted molar refractivity (Wildman–Crippen MR) is 80.8 cm³/mol. The molecule has 0 aliphatic carbocycles. The van der Waals surface area contributed by atoms with Gasteiger partial charge >= 0.3 is 12.0 Å². The number of nitrogens with two attached hydrogens (primary N) is 1. The summed E-state index contributed by atoms with van der Waals surface area (Å²) in [6.07, 6.45) is 3.59. The van der Waals surface area contributed by atoms with Gasteiger partial charge in [-0.1, -0.05) is 0 Å². The lowest BCUT2D eigenvalue weighted by molar-refractivity contribution is -0.142. The Bertz CT molecular complexity index is 384. The van der Waals surface area contributed by atoms with E-state index in [0.29, 0.717) is 32.4 Å². The number of primary amides is 1. The average molecular weight is 317 g/mol. The van der Waals surface area contributed by atoms with Crippen LogP contribution in [0.5, 0.6) is 0 Å². The average Bonchev–Trinajstić information content (AvgIpc) is 2.50. The number of methoxy groups -OCH3 is 1. The van der Waals surface area contributed by atoms with Gasteiger partial charge in [-0.3, -0.25) is 4.79 Å². The van der Waals surface area contributed by atoms with Crippen LogP contribution in [-0.4, -0.2) is 61.1 Å². The van der Waals surface area contributed by atoms with Crippen LogP contribution in [0.1, 0.15) is 19.3 Å². The number of carbonyl (C=O) groups excluding carboxylic acids is 3. The first-order valence-electron chi connectivity index (χ1n) is 6.91. The normalized spacial score (nSPS) is 17.1. The number of rotatable bonds is 6. The van der Waals surface area contributed by atoms with Crippen LogP contribution in [0.15, 0.2) is 0 Å². The number of carbonyl (C=O) groups is 3. The van der Waals surface area contributed by atoms with Gasteiger partial charge in [0.15, 0.2) is 0 Å². The second-order valence-electron chi connectivity index (χ2n) is 4.97. The molecule has 21 heavy (non-hydrogen) atoms. The van der Waals surface area contributed by atoms with E-state index in [1.54, 1.807) is 16.7 Å². The number of piperidine rings is 1. The van der Waals surface area contributed by atoms with Crippen molar-refractivity contribution in [3.63, 3.8) is 0 Å². The number of ether oxygens (including phenoxy) is 1. The molecule has 3 amide bonds. The summed E-state index contributed by atoms with van der Waals surface area (Å²) in [5.41, 5.74) is 5.26. The van der Waals surface area contributed by atoms with Gasteiger partial charge in [0, 0.05) is 19.0 Å². The summed E-state index contributed by atoms with van der Waals surface area (Å²) in [5, 5.41) is 2.70. The molecule has 0 bridgehead atoms. The van der Waals surface area contributed by atoms with Crippen molar-refractivity contribution in [2.75, 3.05) is 32.2 Å². The summed E-state index contributed by atoms with van der Waals surface area (Å²) in [4.78, 5) is 36.5. The Kier molecular flexibility index (Phi) is 7.35. The number of nitrogens with one attached hydrogen (secondary N) is 1. The second kappa shape index (κ2) is 8.76. The molecule has 1 heterocycles. The monoisotopic (exact) mass is 317 g/mol. The van der Waals surface area contributed by atoms with Gasteiger partial charge in [-0.25, -0.2) is 9.59 Å². The zero-order chi connectivity index (χ0) is 15.8. The van der Waals surface area contributed by atoms with Gasteiger partial charge in [0.2, 0.25) is 5.91 Å². The molecule has 120 valence electrons. The van der Waals surface area contributed by atoms with Gasteiger partial charge in [0.25, 0.3) is 0 Å². The van der Waals surface area contributed by atoms with E-state index in [9.17, 15) is 14.4 Å². The maximum Gasteiger partial charge on any atom is 0.328 e. The minimum absolute atomic E-state index is 0.165. The zero-order valence-corrected chi connectivity index (χ0v) is 13.3. The van der Waals surface area contributed by atoms with Crippen molar-refractivity contribution in [2.24, 2.45) is 11.7 Å². The van der Waals surface area contributed by atoms with Gasteiger partial charge in [0.05, 0.1) is 7.11 Å². The van der Waals surface area contributed by atoms with Crippen molar-refractivity contribution in [1.82, 2.24) is 10.2 Å². The number of urea groups is 1. The van der Waals surface area contributed by atoms with Crippen LogP contribution in [0.2, 0.25) is 0 Å². The maximum atomic E-state index is 12.2. The molecule has 0 spiro atoms. The van der Waals surface area contributed by atoms with E-state index in [2.05, 4.69) is 5.32 Å².